The van der Waals surface area contributed by atoms with E-state index in [9.17, 15) is 19.5 Å². The predicted octanol–water partition coefficient (Wildman–Crippen LogP) is 4.65. The second-order valence-electron chi connectivity index (χ2n) is 9.97. The second-order valence-corrected chi connectivity index (χ2v) is 9.97. The first-order valence-electron chi connectivity index (χ1n) is 12.5. The predicted molar refractivity (Wildman–Crippen MR) is 133 cm³/mol. The molecule has 1 heterocycles. The Morgan fingerprint density at radius 2 is 1.66 bits per heavy atom. The summed E-state index contributed by atoms with van der Waals surface area (Å²) in [6.07, 6.45) is 1.06. The zero-order valence-electron chi connectivity index (χ0n) is 20.4. The summed E-state index contributed by atoms with van der Waals surface area (Å²) in [6.45, 7) is 5.66. The van der Waals surface area contributed by atoms with Gasteiger partial charge in [0.1, 0.15) is 12.6 Å². The van der Waals surface area contributed by atoms with Crippen molar-refractivity contribution in [2.24, 2.45) is 11.8 Å². The van der Waals surface area contributed by atoms with Crippen molar-refractivity contribution in [1.29, 1.82) is 0 Å². The number of hydrogen-bond donors (Lipinski definition) is 2. The van der Waals surface area contributed by atoms with Crippen molar-refractivity contribution in [3.05, 3.63) is 59.7 Å². The molecule has 1 fully saturated rings. The molecule has 1 aliphatic heterocycles. The molecule has 0 bridgehead atoms. The molecular weight excluding hydrogens is 444 g/mol. The Hall–Kier alpha value is -3.35. The van der Waals surface area contributed by atoms with Gasteiger partial charge in [0, 0.05) is 25.4 Å². The molecule has 0 spiro atoms. The topological polar surface area (TPSA) is 95.9 Å². The monoisotopic (exact) mass is 478 g/mol. The van der Waals surface area contributed by atoms with Gasteiger partial charge in [0.05, 0.1) is 0 Å². The van der Waals surface area contributed by atoms with Gasteiger partial charge in [-0.2, -0.15) is 0 Å². The van der Waals surface area contributed by atoms with Crippen LogP contribution in [0.3, 0.4) is 0 Å². The Balaban J connectivity index is 1.43. The maximum absolute atomic E-state index is 13.3. The van der Waals surface area contributed by atoms with E-state index in [0.717, 1.165) is 35.1 Å². The minimum Gasteiger partial charge on any atom is -0.481 e. The van der Waals surface area contributed by atoms with Gasteiger partial charge in [-0.25, -0.2) is 4.79 Å². The highest BCUT2D eigenvalue weighted by Crippen LogP contribution is 2.44. The van der Waals surface area contributed by atoms with Gasteiger partial charge in [0.15, 0.2) is 0 Å². The standard InChI is InChI=1S/C28H34N2O5/c1-18-13-14-30(16-19(2)15-18)27(33)25(11-12-26(31)32)29-28(34)35-17-24-22-9-5-3-7-20(22)21-8-4-6-10-23(21)24/h3-10,18-19,24-25H,11-17H2,1-2H3,(H,29,34)(H,31,32)/t18-,19-,25?/m1/s1. The summed E-state index contributed by atoms with van der Waals surface area (Å²) in [6, 6.07) is 15.2. The first-order valence-corrected chi connectivity index (χ1v) is 12.5. The van der Waals surface area contributed by atoms with Crippen molar-refractivity contribution in [2.75, 3.05) is 19.7 Å². The van der Waals surface area contributed by atoms with E-state index in [4.69, 9.17) is 4.74 Å². The van der Waals surface area contributed by atoms with Crippen LogP contribution < -0.4 is 5.32 Å². The fourth-order valence-corrected chi connectivity index (χ4v) is 5.45. The molecule has 3 atom stereocenters. The highest BCUT2D eigenvalue weighted by atomic mass is 16.5. The lowest BCUT2D eigenvalue weighted by molar-refractivity contribution is -0.138. The molecule has 7 nitrogen and oxygen atoms in total. The van der Waals surface area contributed by atoms with Crippen molar-refractivity contribution >= 4 is 18.0 Å². The number of rotatable bonds is 7. The fraction of sp³-hybridized carbons (Fsp3) is 0.464. The Kier molecular flexibility index (Phi) is 7.73. The van der Waals surface area contributed by atoms with Crippen molar-refractivity contribution < 1.29 is 24.2 Å². The number of alkyl carbamates (subject to hydrolysis) is 1. The van der Waals surface area contributed by atoms with Crippen LogP contribution in [0.1, 0.15) is 56.6 Å². The van der Waals surface area contributed by atoms with Gasteiger partial charge in [-0.3, -0.25) is 9.59 Å². The number of carboxylic acid groups (broad SMARTS) is 1. The quantitative estimate of drug-likeness (QED) is 0.604. The van der Waals surface area contributed by atoms with Crippen LogP contribution in [0.25, 0.3) is 11.1 Å². The average Bonchev–Trinajstić information content (AvgIpc) is 3.05. The number of benzene rings is 2. The summed E-state index contributed by atoms with van der Waals surface area (Å²) in [4.78, 5) is 39.1. The number of amides is 2. The smallest absolute Gasteiger partial charge is 0.407 e. The van der Waals surface area contributed by atoms with E-state index < -0.39 is 18.1 Å². The molecule has 0 radical (unpaired) electrons. The van der Waals surface area contributed by atoms with Crippen molar-refractivity contribution in [3.63, 3.8) is 0 Å². The molecule has 35 heavy (non-hydrogen) atoms. The molecule has 0 saturated carbocycles. The number of likely N-dealkylation sites (tertiary alicyclic amines) is 1. The van der Waals surface area contributed by atoms with Crippen LogP contribution in [0.5, 0.6) is 0 Å². The summed E-state index contributed by atoms with van der Waals surface area (Å²) < 4.78 is 5.61. The van der Waals surface area contributed by atoms with Crippen molar-refractivity contribution in [1.82, 2.24) is 10.2 Å². The van der Waals surface area contributed by atoms with E-state index >= 15 is 0 Å². The Labute approximate surface area is 206 Å². The third-order valence-corrected chi connectivity index (χ3v) is 7.12. The number of carbonyl (C=O) groups is 3. The molecule has 2 amide bonds. The van der Waals surface area contributed by atoms with E-state index in [-0.39, 0.29) is 31.3 Å². The van der Waals surface area contributed by atoms with Crippen LogP contribution >= 0.6 is 0 Å². The first-order chi connectivity index (χ1) is 16.8. The van der Waals surface area contributed by atoms with E-state index in [1.807, 2.05) is 36.4 Å². The van der Waals surface area contributed by atoms with E-state index in [1.165, 1.54) is 0 Å². The van der Waals surface area contributed by atoms with Gasteiger partial charge in [0.25, 0.3) is 0 Å². The summed E-state index contributed by atoms with van der Waals surface area (Å²) in [5.41, 5.74) is 4.48. The number of ether oxygens (including phenoxy) is 1. The third kappa shape index (κ3) is 5.84. The molecular formula is C28H34N2O5. The number of aliphatic carboxylic acids is 1. The molecule has 2 aliphatic rings. The van der Waals surface area contributed by atoms with Crippen molar-refractivity contribution in [3.8, 4) is 11.1 Å². The lowest BCUT2D eigenvalue weighted by atomic mass is 9.97. The summed E-state index contributed by atoms with van der Waals surface area (Å²) in [5.74, 6) is -0.452. The Bertz CT molecular complexity index is 1040. The summed E-state index contributed by atoms with van der Waals surface area (Å²) >= 11 is 0. The van der Waals surface area contributed by atoms with Gasteiger partial charge in [-0.15, -0.1) is 0 Å². The number of carbonyl (C=O) groups excluding carboxylic acids is 2. The summed E-state index contributed by atoms with van der Waals surface area (Å²) in [5, 5.41) is 11.8. The minimum atomic E-state index is -1.00. The molecule has 1 saturated heterocycles. The second kappa shape index (κ2) is 10.9. The fourth-order valence-electron chi connectivity index (χ4n) is 5.45. The zero-order valence-corrected chi connectivity index (χ0v) is 20.4. The third-order valence-electron chi connectivity index (χ3n) is 7.12. The maximum atomic E-state index is 13.3. The Morgan fingerprint density at radius 1 is 1.03 bits per heavy atom. The van der Waals surface area contributed by atoms with Crippen LogP contribution in [0.4, 0.5) is 4.79 Å². The SMILES string of the molecule is C[C@@H]1CCN(C(=O)C(CCC(=O)O)NC(=O)OCC2c3ccccc3-c3ccccc32)C[C@H](C)C1. The number of fused-ring (bicyclic) bond motifs is 3. The lowest BCUT2D eigenvalue weighted by Crippen LogP contribution is -2.50. The zero-order chi connectivity index (χ0) is 24.9. The normalized spacial score (nSPS) is 20.3. The molecule has 2 aromatic carbocycles. The lowest BCUT2D eigenvalue weighted by Gasteiger charge is -2.28. The highest BCUT2D eigenvalue weighted by molar-refractivity contribution is 5.86. The van der Waals surface area contributed by atoms with Gasteiger partial charge in [-0.05, 0) is 53.4 Å². The van der Waals surface area contributed by atoms with Crippen LogP contribution in [0.2, 0.25) is 0 Å². The van der Waals surface area contributed by atoms with Crippen molar-refractivity contribution in [2.45, 2.75) is 51.5 Å². The number of nitrogens with zero attached hydrogens (tertiary/aromatic N) is 1. The van der Waals surface area contributed by atoms with Gasteiger partial charge in [0.2, 0.25) is 5.91 Å². The minimum absolute atomic E-state index is 0.0266. The molecule has 186 valence electrons. The largest absolute Gasteiger partial charge is 0.481 e. The molecule has 4 rings (SSSR count). The van der Waals surface area contributed by atoms with E-state index in [0.29, 0.717) is 24.9 Å². The molecule has 1 aliphatic carbocycles. The Morgan fingerprint density at radius 3 is 2.29 bits per heavy atom. The maximum Gasteiger partial charge on any atom is 0.407 e. The van der Waals surface area contributed by atoms with Crippen LogP contribution in [0.15, 0.2) is 48.5 Å². The molecule has 7 heteroatoms. The van der Waals surface area contributed by atoms with E-state index in [2.05, 4.69) is 31.3 Å². The van der Waals surface area contributed by atoms with Crippen LogP contribution in [0, 0.1) is 11.8 Å². The highest BCUT2D eigenvalue weighted by Gasteiger charge is 2.32. The average molecular weight is 479 g/mol. The molecule has 1 unspecified atom stereocenters. The first kappa shape index (κ1) is 24.8. The molecule has 2 N–H and O–H groups in total. The van der Waals surface area contributed by atoms with Crippen LogP contribution in [-0.2, 0) is 14.3 Å². The van der Waals surface area contributed by atoms with Gasteiger partial charge in [-0.1, -0.05) is 62.4 Å². The number of carboxylic acids is 1. The van der Waals surface area contributed by atoms with E-state index in [1.54, 1.807) is 4.90 Å². The number of nitrogens with one attached hydrogen (secondary N) is 1. The molecule has 2 aromatic rings. The van der Waals surface area contributed by atoms with Crippen LogP contribution in [-0.4, -0.2) is 53.7 Å². The number of hydrogen-bond acceptors (Lipinski definition) is 4. The summed E-state index contributed by atoms with van der Waals surface area (Å²) in [7, 11) is 0. The molecule has 0 aromatic heterocycles. The van der Waals surface area contributed by atoms with Gasteiger partial charge < -0.3 is 20.1 Å². The van der Waals surface area contributed by atoms with Gasteiger partial charge >= 0.3 is 12.1 Å².